The zero-order valence-corrected chi connectivity index (χ0v) is 13.7. The van der Waals surface area contributed by atoms with E-state index in [1.807, 2.05) is 0 Å². The number of hydrogen-bond donors (Lipinski definition) is 1. The Balaban J connectivity index is 2.03. The summed E-state index contributed by atoms with van der Waals surface area (Å²) in [5, 5.41) is 3.12. The summed E-state index contributed by atoms with van der Waals surface area (Å²) >= 11 is 5.83. The van der Waals surface area contributed by atoms with Crippen LogP contribution in [0.2, 0.25) is 5.02 Å². The van der Waals surface area contributed by atoms with Crippen LogP contribution in [0.5, 0.6) is 0 Å². The quantitative estimate of drug-likeness (QED) is 0.925. The molecule has 0 spiro atoms. The van der Waals surface area contributed by atoms with Gasteiger partial charge in [-0.2, -0.15) is 0 Å². The van der Waals surface area contributed by atoms with Gasteiger partial charge in [0.25, 0.3) is 0 Å². The summed E-state index contributed by atoms with van der Waals surface area (Å²) in [5.74, 6) is -0.888. The molecule has 1 aromatic carbocycles. The van der Waals surface area contributed by atoms with Crippen molar-refractivity contribution in [1.82, 2.24) is 10.2 Å². The largest absolute Gasteiger partial charge is 0.350 e. The van der Waals surface area contributed by atoms with Crippen molar-refractivity contribution in [3.63, 3.8) is 0 Å². The van der Waals surface area contributed by atoms with E-state index >= 15 is 0 Å². The summed E-state index contributed by atoms with van der Waals surface area (Å²) in [5.41, 5.74) is -0.526. The Kier molecular flexibility index (Phi) is 4.75. The highest BCUT2D eigenvalue weighted by Gasteiger charge is 2.49. The molecule has 1 aromatic rings. The maximum atomic E-state index is 13.6. The maximum Gasteiger partial charge on any atom is 0.246 e. The number of halogens is 2. The van der Waals surface area contributed by atoms with Gasteiger partial charge < -0.3 is 10.2 Å². The average Bonchev–Trinajstić information content (AvgIpc) is 2.45. The predicted molar refractivity (Wildman–Crippen MR) is 82.8 cm³/mol. The zero-order valence-electron chi connectivity index (χ0n) is 13.0. The molecule has 6 heteroatoms. The lowest BCUT2D eigenvalue weighted by Gasteiger charge is -2.49. The number of amides is 2. The van der Waals surface area contributed by atoms with Crippen molar-refractivity contribution in [2.24, 2.45) is 5.92 Å². The minimum absolute atomic E-state index is 0.0437. The van der Waals surface area contributed by atoms with Crippen LogP contribution in [0.3, 0.4) is 0 Å². The third-order valence-electron chi connectivity index (χ3n) is 4.11. The van der Waals surface area contributed by atoms with Crippen LogP contribution in [0.25, 0.3) is 0 Å². The topological polar surface area (TPSA) is 49.4 Å². The number of benzene rings is 1. The van der Waals surface area contributed by atoms with E-state index in [9.17, 15) is 14.0 Å². The van der Waals surface area contributed by atoms with Gasteiger partial charge in [0.05, 0.1) is 0 Å². The SMILES string of the molecule is CC(C)C(=O)N1CCC1(C)C(=O)NCc1cc(Cl)ccc1F. The Morgan fingerprint density at radius 2 is 2.14 bits per heavy atom. The molecule has 4 nitrogen and oxygen atoms in total. The van der Waals surface area contributed by atoms with Gasteiger partial charge >= 0.3 is 0 Å². The number of carbonyl (C=O) groups excluding carboxylic acids is 2. The van der Waals surface area contributed by atoms with E-state index in [1.54, 1.807) is 25.7 Å². The van der Waals surface area contributed by atoms with E-state index in [0.717, 1.165) is 0 Å². The molecule has 1 N–H and O–H groups in total. The normalized spacial score (nSPS) is 20.7. The van der Waals surface area contributed by atoms with Crippen molar-refractivity contribution in [2.75, 3.05) is 6.54 Å². The summed E-state index contributed by atoms with van der Waals surface area (Å²) in [4.78, 5) is 26.1. The number of likely N-dealkylation sites (tertiary alicyclic amines) is 1. The third-order valence-corrected chi connectivity index (χ3v) is 4.35. The van der Waals surface area contributed by atoms with Gasteiger partial charge in [-0.15, -0.1) is 0 Å². The summed E-state index contributed by atoms with van der Waals surface area (Å²) in [6.45, 7) is 5.97. The average molecular weight is 327 g/mol. The molecule has 0 bridgehead atoms. The molecule has 2 amide bonds. The standard InChI is InChI=1S/C16H20ClFN2O2/c1-10(2)14(21)20-7-6-16(20,3)15(22)19-9-11-8-12(17)4-5-13(11)18/h4-5,8,10H,6-7,9H2,1-3H3,(H,19,22). The number of hydrogen-bond acceptors (Lipinski definition) is 2. The Hall–Kier alpha value is -1.62. The van der Waals surface area contributed by atoms with Gasteiger partial charge in [-0.25, -0.2) is 4.39 Å². The summed E-state index contributed by atoms with van der Waals surface area (Å²) in [6.07, 6.45) is 0.606. The second kappa shape index (κ2) is 6.24. The van der Waals surface area contributed by atoms with Gasteiger partial charge in [0.2, 0.25) is 11.8 Å². The van der Waals surface area contributed by atoms with E-state index in [0.29, 0.717) is 23.6 Å². The molecule has 1 atom stereocenters. The molecule has 1 aliphatic rings. The first-order valence-electron chi connectivity index (χ1n) is 7.29. The minimum Gasteiger partial charge on any atom is -0.350 e. The van der Waals surface area contributed by atoms with Crippen LogP contribution >= 0.6 is 11.6 Å². The Labute approximate surface area is 134 Å². The molecular weight excluding hydrogens is 307 g/mol. The van der Waals surface area contributed by atoms with Crippen LogP contribution in [-0.2, 0) is 16.1 Å². The highest BCUT2D eigenvalue weighted by atomic mass is 35.5. The Morgan fingerprint density at radius 1 is 1.45 bits per heavy atom. The lowest BCUT2D eigenvalue weighted by atomic mass is 9.84. The van der Waals surface area contributed by atoms with Crippen molar-refractivity contribution >= 4 is 23.4 Å². The van der Waals surface area contributed by atoms with Crippen molar-refractivity contribution in [3.8, 4) is 0 Å². The molecule has 1 aliphatic heterocycles. The van der Waals surface area contributed by atoms with Crippen molar-refractivity contribution < 1.29 is 14.0 Å². The molecule has 1 heterocycles. The molecule has 0 radical (unpaired) electrons. The first-order valence-corrected chi connectivity index (χ1v) is 7.67. The molecule has 0 aromatic heterocycles. The van der Waals surface area contributed by atoms with E-state index in [1.165, 1.54) is 18.2 Å². The molecular formula is C16H20ClFN2O2. The molecule has 1 fully saturated rings. The van der Waals surface area contributed by atoms with Gasteiger partial charge in [-0.1, -0.05) is 25.4 Å². The molecule has 0 aliphatic carbocycles. The minimum atomic E-state index is -0.851. The zero-order chi connectivity index (χ0) is 16.5. The maximum absolute atomic E-state index is 13.6. The fourth-order valence-corrected chi connectivity index (χ4v) is 2.70. The monoisotopic (exact) mass is 326 g/mol. The highest BCUT2D eigenvalue weighted by Crippen LogP contribution is 2.32. The van der Waals surface area contributed by atoms with Crippen LogP contribution in [0.4, 0.5) is 4.39 Å². The van der Waals surface area contributed by atoms with Crippen molar-refractivity contribution in [1.29, 1.82) is 0 Å². The number of carbonyl (C=O) groups is 2. The summed E-state index contributed by atoms with van der Waals surface area (Å²) in [6, 6.07) is 4.21. The van der Waals surface area contributed by atoms with Gasteiger partial charge in [0.1, 0.15) is 11.4 Å². The number of rotatable bonds is 4. The predicted octanol–water partition coefficient (Wildman–Crippen LogP) is 2.74. The lowest BCUT2D eigenvalue weighted by Crippen LogP contribution is -2.68. The van der Waals surface area contributed by atoms with Crippen molar-refractivity contribution in [2.45, 2.75) is 39.3 Å². The fourth-order valence-electron chi connectivity index (χ4n) is 2.50. The van der Waals surface area contributed by atoms with E-state index in [4.69, 9.17) is 11.6 Å². The van der Waals surface area contributed by atoms with Gasteiger partial charge in [-0.3, -0.25) is 9.59 Å². The second-order valence-electron chi connectivity index (χ2n) is 6.09. The number of nitrogens with one attached hydrogen (secondary N) is 1. The van der Waals surface area contributed by atoms with E-state index in [-0.39, 0.29) is 24.3 Å². The smallest absolute Gasteiger partial charge is 0.246 e. The van der Waals surface area contributed by atoms with E-state index in [2.05, 4.69) is 5.32 Å². The second-order valence-corrected chi connectivity index (χ2v) is 6.52. The molecule has 120 valence electrons. The molecule has 1 saturated heterocycles. The van der Waals surface area contributed by atoms with Crippen LogP contribution in [0.15, 0.2) is 18.2 Å². The Morgan fingerprint density at radius 3 is 2.68 bits per heavy atom. The number of nitrogens with zero attached hydrogens (tertiary/aromatic N) is 1. The molecule has 0 saturated carbocycles. The summed E-state index contributed by atoms with van der Waals surface area (Å²) < 4.78 is 13.6. The van der Waals surface area contributed by atoms with Gasteiger partial charge in [-0.05, 0) is 31.5 Å². The molecule has 2 rings (SSSR count). The van der Waals surface area contributed by atoms with Crippen LogP contribution in [0.1, 0.15) is 32.8 Å². The van der Waals surface area contributed by atoms with Crippen molar-refractivity contribution in [3.05, 3.63) is 34.6 Å². The first-order chi connectivity index (χ1) is 10.3. The molecule has 1 unspecified atom stereocenters. The van der Waals surface area contributed by atoms with E-state index < -0.39 is 11.4 Å². The van der Waals surface area contributed by atoms with Crippen LogP contribution in [-0.4, -0.2) is 28.8 Å². The molecule has 22 heavy (non-hydrogen) atoms. The van der Waals surface area contributed by atoms with Crippen LogP contribution < -0.4 is 5.32 Å². The van der Waals surface area contributed by atoms with Gasteiger partial charge in [0, 0.05) is 29.6 Å². The third kappa shape index (κ3) is 3.09. The highest BCUT2D eigenvalue weighted by molar-refractivity contribution is 6.30. The fraction of sp³-hybridized carbons (Fsp3) is 0.500. The first kappa shape index (κ1) is 16.7. The lowest BCUT2D eigenvalue weighted by molar-refractivity contribution is -0.159. The Bertz CT molecular complexity index is 606. The summed E-state index contributed by atoms with van der Waals surface area (Å²) in [7, 11) is 0. The van der Waals surface area contributed by atoms with Crippen LogP contribution in [0, 0.1) is 11.7 Å². The van der Waals surface area contributed by atoms with Gasteiger partial charge in [0.15, 0.2) is 0 Å².